The molecule has 1 heterocycles. The first-order valence-corrected chi connectivity index (χ1v) is 7.09. The molecular weight excluding hydrogens is 250 g/mol. The van der Waals surface area contributed by atoms with E-state index in [0.29, 0.717) is 6.61 Å². The molecule has 2 aromatic rings. The van der Waals surface area contributed by atoms with Crippen LogP contribution in [0.2, 0.25) is 0 Å². The average Bonchev–Trinajstić information content (AvgIpc) is 2.84. The second-order valence-electron chi connectivity index (χ2n) is 4.12. The zero-order valence-electron chi connectivity index (χ0n) is 12.7. The quantitative estimate of drug-likeness (QED) is 0.787. The lowest BCUT2D eigenvalue weighted by Gasteiger charge is -2.11. The molecule has 0 N–H and O–H groups in total. The SMILES string of the molecule is CC.CCOC(=O)Cn1c(C)ccc1-c1ccccc1. The van der Waals surface area contributed by atoms with Crippen LogP contribution in [0.1, 0.15) is 26.5 Å². The largest absolute Gasteiger partial charge is 0.465 e. The summed E-state index contributed by atoms with van der Waals surface area (Å²) in [7, 11) is 0. The molecule has 2 rings (SSSR count). The molecule has 0 radical (unpaired) electrons. The van der Waals surface area contributed by atoms with Gasteiger partial charge in [0, 0.05) is 11.4 Å². The molecule has 0 bridgehead atoms. The second-order valence-corrected chi connectivity index (χ2v) is 4.12. The van der Waals surface area contributed by atoms with E-state index in [-0.39, 0.29) is 12.5 Å². The highest BCUT2D eigenvalue weighted by atomic mass is 16.5. The Labute approximate surface area is 121 Å². The van der Waals surface area contributed by atoms with Crippen molar-refractivity contribution in [1.82, 2.24) is 4.57 Å². The van der Waals surface area contributed by atoms with E-state index in [2.05, 4.69) is 0 Å². The Morgan fingerprint density at radius 1 is 1.10 bits per heavy atom. The van der Waals surface area contributed by atoms with Gasteiger partial charge in [-0.2, -0.15) is 0 Å². The van der Waals surface area contributed by atoms with Gasteiger partial charge in [-0.05, 0) is 31.5 Å². The van der Waals surface area contributed by atoms with E-state index in [1.165, 1.54) is 0 Å². The zero-order valence-corrected chi connectivity index (χ0v) is 12.7. The first-order chi connectivity index (χ1) is 9.72. The molecule has 0 atom stereocenters. The number of carbonyl (C=O) groups is 1. The minimum absolute atomic E-state index is 0.200. The van der Waals surface area contributed by atoms with Gasteiger partial charge < -0.3 is 9.30 Å². The maximum absolute atomic E-state index is 11.6. The predicted molar refractivity (Wildman–Crippen MR) is 82.6 cm³/mol. The summed E-state index contributed by atoms with van der Waals surface area (Å²) in [5, 5.41) is 0. The van der Waals surface area contributed by atoms with Gasteiger partial charge >= 0.3 is 5.97 Å². The molecule has 3 heteroatoms. The number of nitrogens with zero attached hydrogens (tertiary/aromatic N) is 1. The molecule has 108 valence electrons. The third kappa shape index (κ3) is 3.98. The number of aromatic nitrogens is 1. The normalized spacial score (nSPS) is 9.60. The number of carbonyl (C=O) groups excluding carboxylic acids is 1. The number of benzene rings is 1. The summed E-state index contributed by atoms with van der Waals surface area (Å²) >= 11 is 0. The van der Waals surface area contributed by atoms with Gasteiger partial charge in [-0.15, -0.1) is 0 Å². The lowest BCUT2D eigenvalue weighted by atomic mass is 10.1. The van der Waals surface area contributed by atoms with E-state index in [1.54, 1.807) is 0 Å². The molecule has 0 unspecified atom stereocenters. The van der Waals surface area contributed by atoms with Gasteiger partial charge in [-0.1, -0.05) is 44.2 Å². The van der Waals surface area contributed by atoms with Crippen molar-refractivity contribution in [2.24, 2.45) is 0 Å². The number of aryl methyl sites for hydroxylation is 1. The van der Waals surface area contributed by atoms with Crippen molar-refractivity contribution in [2.75, 3.05) is 6.61 Å². The molecule has 0 saturated carbocycles. The first-order valence-electron chi connectivity index (χ1n) is 7.09. The van der Waals surface area contributed by atoms with Gasteiger partial charge in [0.05, 0.1) is 6.61 Å². The molecule has 0 aliphatic rings. The fourth-order valence-corrected chi connectivity index (χ4v) is 1.98. The lowest BCUT2D eigenvalue weighted by Crippen LogP contribution is -2.15. The number of hydrogen-bond acceptors (Lipinski definition) is 2. The van der Waals surface area contributed by atoms with Crippen molar-refractivity contribution in [3.05, 3.63) is 48.2 Å². The summed E-state index contributed by atoms with van der Waals surface area (Å²) in [6.07, 6.45) is 0. The molecule has 0 aliphatic carbocycles. The molecule has 1 aromatic heterocycles. The van der Waals surface area contributed by atoms with Gasteiger partial charge in [0.15, 0.2) is 0 Å². The van der Waals surface area contributed by atoms with Gasteiger partial charge in [0.2, 0.25) is 0 Å². The molecule has 0 saturated heterocycles. The van der Waals surface area contributed by atoms with Crippen LogP contribution < -0.4 is 0 Å². The minimum atomic E-state index is -0.200. The Kier molecular flexibility index (Phi) is 6.57. The third-order valence-electron chi connectivity index (χ3n) is 2.86. The predicted octanol–water partition coefficient (Wildman–Crippen LogP) is 4.05. The molecule has 3 nitrogen and oxygen atoms in total. The van der Waals surface area contributed by atoms with Crippen LogP contribution in [0.5, 0.6) is 0 Å². The van der Waals surface area contributed by atoms with Gasteiger partial charge in [-0.25, -0.2) is 0 Å². The smallest absolute Gasteiger partial charge is 0.325 e. The highest BCUT2D eigenvalue weighted by molar-refractivity contribution is 5.71. The Hall–Kier alpha value is -2.03. The van der Waals surface area contributed by atoms with Crippen molar-refractivity contribution >= 4 is 5.97 Å². The Bertz CT molecular complexity index is 529. The fraction of sp³-hybridized carbons (Fsp3) is 0.353. The fourth-order valence-electron chi connectivity index (χ4n) is 1.98. The number of hydrogen-bond donors (Lipinski definition) is 0. The summed E-state index contributed by atoms with van der Waals surface area (Å²) in [5.74, 6) is -0.200. The van der Waals surface area contributed by atoms with Crippen LogP contribution in [0.15, 0.2) is 42.5 Å². The van der Waals surface area contributed by atoms with Gasteiger partial charge in [0.1, 0.15) is 6.54 Å². The van der Waals surface area contributed by atoms with Crippen LogP contribution in [-0.4, -0.2) is 17.1 Å². The zero-order chi connectivity index (χ0) is 15.0. The third-order valence-corrected chi connectivity index (χ3v) is 2.86. The monoisotopic (exact) mass is 273 g/mol. The minimum Gasteiger partial charge on any atom is -0.465 e. The van der Waals surface area contributed by atoms with Crippen molar-refractivity contribution < 1.29 is 9.53 Å². The van der Waals surface area contributed by atoms with Crippen LogP contribution in [0, 0.1) is 6.92 Å². The summed E-state index contributed by atoms with van der Waals surface area (Å²) < 4.78 is 6.98. The van der Waals surface area contributed by atoms with E-state index in [4.69, 9.17) is 4.74 Å². The maximum Gasteiger partial charge on any atom is 0.325 e. The van der Waals surface area contributed by atoms with Crippen LogP contribution in [0.4, 0.5) is 0 Å². The van der Waals surface area contributed by atoms with E-state index < -0.39 is 0 Å². The molecule has 0 aliphatic heterocycles. The topological polar surface area (TPSA) is 31.2 Å². The van der Waals surface area contributed by atoms with Gasteiger partial charge in [0.25, 0.3) is 0 Å². The van der Waals surface area contributed by atoms with E-state index in [9.17, 15) is 4.79 Å². The molecular formula is C17H23NO2. The van der Waals surface area contributed by atoms with Crippen molar-refractivity contribution in [2.45, 2.75) is 34.2 Å². The lowest BCUT2D eigenvalue weighted by molar-refractivity contribution is -0.143. The van der Waals surface area contributed by atoms with E-state index in [1.807, 2.05) is 74.7 Å². The molecule has 1 aromatic carbocycles. The van der Waals surface area contributed by atoms with Crippen LogP contribution >= 0.6 is 0 Å². The second kappa shape index (κ2) is 8.20. The Morgan fingerprint density at radius 2 is 1.75 bits per heavy atom. The van der Waals surface area contributed by atoms with Gasteiger partial charge in [-0.3, -0.25) is 4.79 Å². The van der Waals surface area contributed by atoms with Crippen LogP contribution in [0.3, 0.4) is 0 Å². The van der Waals surface area contributed by atoms with Crippen molar-refractivity contribution in [1.29, 1.82) is 0 Å². The number of ether oxygens (including phenoxy) is 1. The summed E-state index contributed by atoms with van der Waals surface area (Å²) in [5.41, 5.74) is 3.21. The highest BCUT2D eigenvalue weighted by Gasteiger charge is 2.11. The van der Waals surface area contributed by atoms with Crippen LogP contribution in [0.25, 0.3) is 11.3 Å². The molecule has 20 heavy (non-hydrogen) atoms. The summed E-state index contributed by atoms with van der Waals surface area (Å²) in [4.78, 5) is 11.6. The first kappa shape index (κ1) is 16.0. The van der Waals surface area contributed by atoms with Crippen molar-refractivity contribution in [3.8, 4) is 11.3 Å². The number of rotatable bonds is 4. The Morgan fingerprint density at radius 3 is 2.35 bits per heavy atom. The molecule has 0 amide bonds. The van der Waals surface area contributed by atoms with E-state index >= 15 is 0 Å². The Balaban J connectivity index is 0.000000956. The highest BCUT2D eigenvalue weighted by Crippen LogP contribution is 2.22. The maximum atomic E-state index is 11.6. The molecule has 0 fully saturated rings. The average molecular weight is 273 g/mol. The standard InChI is InChI=1S/C15H17NO2.C2H6/c1-3-18-15(17)11-16-12(2)9-10-14(16)13-7-5-4-6-8-13;1-2/h4-10H,3,11H2,1-2H3;1-2H3. The summed E-state index contributed by atoms with van der Waals surface area (Å²) in [6.45, 7) is 8.49. The number of esters is 1. The van der Waals surface area contributed by atoms with Crippen LogP contribution in [-0.2, 0) is 16.1 Å². The van der Waals surface area contributed by atoms with E-state index in [0.717, 1.165) is 17.0 Å². The summed E-state index contributed by atoms with van der Waals surface area (Å²) in [6, 6.07) is 14.1. The molecule has 0 spiro atoms. The van der Waals surface area contributed by atoms with Crippen molar-refractivity contribution in [3.63, 3.8) is 0 Å².